The van der Waals surface area contributed by atoms with Crippen LogP contribution in [0.4, 0.5) is 0 Å². The van der Waals surface area contributed by atoms with Gasteiger partial charge in [-0.05, 0) is 36.2 Å². The van der Waals surface area contributed by atoms with Gasteiger partial charge in [-0.2, -0.15) is 0 Å². The van der Waals surface area contributed by atoms with Gasteiger partial charge in [-0.3, -0.25) is 0 Å². The molecule has 1 N–H and O–H groups in total. The molecular weight excluding hydrogens is 184 g/mol. The molecular formula is C14H20O. The molecule has 0 amide bonds. The van der Waals surface area contributed by atoms with Gasteiger partial charge in [0.15, 0.2) is 0 Å². The summed E-state index contributed by atoms with van der Waals surface area (Å²) in [6.45, 7) is 6.48. The predicted octanol–water partition coefficient (Wildman–Crippen LogP) is 3.20. The van der Waals surface area contributed by atoms with Crippen molar-refractivity contribution in [1.82, 2.24) is 0 Å². The van der Waals surface area contributed by atoms with Crippen molar-refractivity contribution >= 4 is 0 Å². The Bertz CT molecular complexity index is 330. The summed E-state index contributed by atoms with van der Waals surface area (Å²) < 4.78 is 0. The van der Waals surface area contributed by atoms with Crippen LogP contribution in [-0.4, -0.2) is 11.2 Å². The van der Waals surface area contributed by atoms with Crippen molar-refractivity contribution < 1.29 is 5.11 Å². The van der Waals surface area contributed by atoms with Crippen molar-refractivity contribution in [3.63, 3.8) is 0 Å². The number of rotatable bonds is 3. The number of aliphatic hydroxyl groups excluding tert-OH is 1. The van der Waals surface area contributed by atoms with E-state index in [1.165, 1.54) is 5.56 Å². The fourth-order valence-corrected chi connectivity index (χ4v) is 2.76. The van der Waals surface area contributed by atoms with Crippen LogP contribution in [0.15, 0.2) is 30.3 Å². The molecule has 0 radical (unpaired) electrons. The molecule has 4 unspecified atom stereocenters. The molecule has 1 aliphatic carbocycles. The summed E-state index contributed by atoms with van der Waals surface area (Å²) in [5.41, 5.74) is 1.69. The van der Waals surface area contributed by atoms with Crippen LogP contribution >= 0.6 is 0 Å². The Morgan fingerprint density at radius 2 is 1.87 bits per heavy atom. The van der Waals surface area contributed by atoms with Crippen LogP contribution in [0.25, 0.3) is 0 Å². The Morgan fingerprint density at radius 3 is 2.33 bits per heavy atom. The first-order valence-electron chi connectivity index (χ1n) is 5.78. The van der Waals surface area contributed by atoms with Crippen molar-refractivity contribution in [3.05, 3.63) is 35.9 Å². The Hall–Kier alpha value is -0.820. The summed E-state index contributed by atoms with van der Waals surface area (Å²) in [5.74, 6) is 1.02. The van der Waals surface area contributed by atoms with E-state index < -0.39 is 0 Å². The fourth-order valence-electron chi connectivity index (χ4n) is 2.76. The van der Waals surface area contributed by atoms with Crippen LogP contribution in [0, 0.1) is 11.3 Å². The molecule has 0 saturated heterocycles. The van der Waals surface area contributed by atoms with Crippen LogP contribution in [-0.2, 0) is 0 Å². The molecule has 1 aromatic carbocycles. The van der Waals surface area contributed by atoms with Gasteiger partial charge in [-0.1, -0.05) is 44.2 Å². The molecule has 1 aromatic rings. The maximum absolute atomic E-state index is 9.62. The van der Waals surface area contributed by atoms with E-state index in [1.54, 1.807) is 0 Å². The Kier molecular flexibility index (Phi) is 2.59. The van der Waals surface area contributed by atoms with Crippen LogP contribution in [0.5, 0.6) is 0 Å². The first-order valence-corrected chi connectivity index (χ1v) is 5.78. The Balaban J connectivity index is 2.14. The molecule has 4 atom stereocenters. The lowest BCUT2D eigenvalue weighted by Gasteiger charge is -2.22. The third kappa shape index (κ3) is 1.81. The topological polar surface area (TPSA) is 20.2 Å². The number of benzene rings is 1. The molecule has 0 aromatic heterocycles. The van der Waals surface area contributed by atoms with E-state index in [9.17, 15) is 5.11 Å². The predicted molar refractivity (Wildman–Crippen MR) is 62.8 cm³/mol. The highest BCUT2D eigenvalue weighted by atomic mass is 16.3. The van der Waals surface area contributed by atoms with Gasteiger partial charge >= 0.3 is 0 Å². The third-order valence-corrected chi connectivity index (χ3v) is 4.22. The normalized spacial score (nSPS) is 33.5. The van der Waals surface area contributed by atoms with Gasteiger partial charge in [0.05, 0.1) is 6.10 Å². The highest BCUT2D eigenvalue weighted by Gasteiger charge is 2.55. The van der Waals surface area contributed by atoms with E-state index in [0.29, 0.717) is 17.3 Å². The molecule has 1 fully saturated rings. The summed E-state index contributed by atoms with van der Waals surface area (Å²) >= 11 is 0. The Morgan fingerprint density at radius 1 is 1.27 bits per heavy atom. The SMILES string of the molecule is CC(O)C1CC1(C)C(C)c1ccccc1. The average Bonchev–Trinajstić information content (AvgIpc) is 2.93. The molecule has 0 spiro atoms. The highest BCUT2D eigenvalue weighted by molar-refractivity contribution is 5.25. The molecule has 1 nitrogen and oxygen atoms in total. The second-order valence-corrected chi connectivity index (χ2v) is 5.19. The fraction of sp³-hybridized carbons (Fsp3) is 0.571. The van der Waals surface area contributed by atoms with E-state index in [1.807, 2.05) is 6.92 Å². The zero-order valence-electron chi connectivity index (χ0n) is 9.77. The standard InChI is InChI=1S/C14H20O/c1-10(12-7-5-4-6-8-12)14(3)9-13(14)11(2)15/h4-8,10-11,13,15H,9H2,1-3H3. The highest BCUT2D eigenvalue weighted by Crippen LogP contribution is 2.61. The second-order valence-electron chi connectivity index (χ2n) is 5.19. The monoisotopic (exact) mass is 204 g/mol. The van der Waals surface area contributed by atoms with Crippen molar-refractivity contribution in [3.8, 4) is 0 Å². The molecule has 1 aliphatic rings. The average molecular weight is 204 g/mol. The third-order valence-electron chi connectivity index (χ3n) is 4.22. The van der Waals surface area contributed by atoms with Gasteiger partial charge < -0.3 is 5.11 Å². The minimum atomic E-state index is -0.166. The number of aliphatic hydroxyl groups is 1. The second kappa shape index (κ2) is 3.64. The van der Waals surface area contributed by atoms with Gasteiger partial charge in [0, 0.05) is 0 Å². The molecule has 0 aliphatic heterocycles. The molecule has 0 bridgehead atoms. The summed E-state index contributed by atoms with van der Waals surface area (Å²) in [6.07, 6.45) is 0.988. The zero-order chi connectivity index (χ0) is 11.1. The summed E-state index contributed by atoms with van der Waals surface area (Å²) in [7, 11) is 0. The largest absolute Gasteiger partial charge is 0.393 e. The van der Waals surface area contributed by atoms with Crippen molar-refractivity contribution in [2.75, 3.05) is 0 Å². The summed E-state index contributed by atoms with van der Waals surface area (Å²) in [6, 6.07) is 10.6. The maximum Gasteiger partial charge on any atom is 0.0545 e. The molecule has 1 heteroatoms. The van der Waals surface area contributed by atoms with Gasteiger partial charge in [0.2, 0.25) is 0 Å². The first-order chi connectivity index (χ1) is 7.05. The molecule has 0 heterocycles. The number of hydrogen-bond donors (Lipinski definition) is 1. The maximum atomic E-state index is 9.62. The molecule has 82 valence electrons. The van der Waals surface area contributed by atoms with E-state index in [4.69, 9.17) is 0 Å². The lowest BCUT2D eigenvalue weighted by Crippen LogP contribution is -2.15. The zero-order valence-corrected chi connectivity index (χ0v) is 9.77. The molecule has 2 rings (SSSR count). The minimum absolute atomic E-state index is 0.166. The lowest BCUT2D eigenvalue weighted by molar-refractivity contribution is 0.148. The van der Waals surface area contributed by atoms with Crippen LogP contribution < -0.4 is 0 Å². The van der Waals surface area contributed by atoms with E-state index in [-0.39, 0.29) is 6.10 Å². The van der Waals surface area contributed by atoms with Gasteiger partial charge in [0.1, 0.15) is 0 Å². The van der Waals surface area contributed by atoms with Gasteiger partial charge in [0.25, 0.3) is 0 Å². The van der Waals surface area contributed by atoms with Crippen LogP contribution in [0.2, 0.25) is 0 Å². The van der Waals surface area contributed by atoms with Crippen molar-refractivity contribution in [2.24, 2.45) is 11.3 Å². The van der Waals surface area contributed by atoms with E-state index in [0.717, 1.165) is 6.42 Å². The molecule has 15 heavy (non-hydrogen) atoms. The molecule has 1 saturated carbocycles. The van der Waals surface area contributed by atoms with E-state index >= 15 is 0 Å². The van der Waals surface area contributed by atoms with Crippen LogP contribution in [0.1, 0.15) is 38.7 Å². The first kappa shape index (κ1) is 10.7. The summed E-state index contributed by atoms with van der Waals surface area (Å²) in [4.78, 5) is 0. The minimum Gasteiger partial charge on any atom is -0.393 e. The smallest absolute Gasteiger partial charge is 0.0545 e. The van der Waals surface area contributed by atoms with E-state index in [2.05, 4.69) is 44.2 Å². The Labute approximate surface area is 92.1 Å². The quantitative estimate of drug-likeness (QED) is 0.801. The lowest BCUT2D eigenvalue weighted by atomic mass is 9.83. The number of hydrogen-bond acceptors (Lipinski definition) is 1. The van der Waals surface area contributed by atoms with Gasteiger partial charge in [-0.15, -0.1) is 0 Å². The van der Waals surface area contributed by atoms with Crippen molar-refractivity contribution in [2.45, 2.75) is 39.2 Å². The van der Waals surface area contributed by atoms with Crippen LogP contribution in [0.3, 0.4) is 0 Å². The van der Waals surface area contributed by atoms with Gasteiger partial charge in [-0.25, -0.2) is 0 Å². The summed E-state index contributed by atoms with van der Waals surface area (Å²) in [5, 5.41) is 9.62. The van der Waals surface area contributed by atoms with Crippen molar-refractivity contribution in [1.29, 1.82) is 0 Å².